The summed E-state index contributed by atoms with van der Waals surface area (Å²) in [6.45, 7) is 18.4. The highest BCUT2D eigenvalue weighted by atomic mass is 28.4. The van der Waals surface area contributed by atoms with Gasteiger partial charge in [-0.2, -0.15) is 0 Å². The Bertz CT molecular complexity index is 1060. The Balaban J connectivity index is 1.53. The molecule has 0 radical (unpaired) electrons. The molecule has 1 saturated heterocycles. The van der Waals surface area contributed by atoms with Crippen LogP contribution in [0.2, 0.25) is 18.1 Å². The molecule has 0 unspecified atom stereocenters. The van der Waals surface area contributed by atoms with Crippen molar-refractivity contribution in [1.29, 1.82) is 0 Å². The van der Waals surface area contributed by atoms with E-state index in [-0.39, 0.29) is 47.4 Å². The summed E-state index contributed by atoms with van der Waals surface area (Å²) in [6, 6.07) is 0. The van der Waals surface area contributed by atoms with Crippen molar-refractivity contribution in [1.82, 2.24) is 0 Å². The smallest absolute Gasteiger partial charge is 0.192 e. The number of hydrogen-bond acceptors (Lipinski definition) is 6. The second-order valence-corrected chi connectivity index (χ2v) is 20.0. The molecule has 5 aliphatic rings. The zero-order valence-corrected chi connectivity index (χ0v) is 25.7. The summed E-state index contributed by atoms with van der Waals surface area (Å²) in [6.07, 6.45) is 1.18. The average Bonchev–Trinajstić information content (AvgIpc) is 3.18. The Morgan fingerprint density at radius 1 is 1.21 bits per heavy atom. The van der Waals surface area contributed by atoms with Crippen LogP contribution in [0.3, 0.4) is 0 Å². The molecular formula is C30H47FO6Si. The number of ketones is 2. The lowest BCUT2D eigenvalue weighted by molar-refractivity contribution is -0.228. The van der Waals surface area contributed by atoms with Gasteiger partial charge in [0.1, 0.15) is 6.17 Å². The fourth-order valence-electron chi connectivity index (χ4n) is 8.86. The van der Waals surface area contributed by atoms with Crippen LogP contribution in [0, 0.1) is 28.6 Å². The van der Waals surface area contributed by atoms with Crippen LogP contribution in [0.15, 0.2) is 11.6 Å². The Hall–Kier alpha value is -0.933. The fourth-order valence-corrected chi connectivity index (χ4v) is 9.78. The fraction of sp³-hybridized carbons (Fsp3) is 0.867. The predicted octanol–water partition coefficient (Wildman–Crippen LogP) is 5.53. The molecule has 0 aromatic rings. The van der Waals surface area contributed by atoms with Crippen LogP contribution in [-0.4, -0.2) is 61.4 Å². The minimum absolute atomic E-state index is 0.0283. The SMILES string of the molecule is CC1(C)O[C@@H]2C[C@H]3[C@@H]4C[C@H](F)C5=CC(=O)CC[C@]5(C)[C@H]4[C@@H](O)C[C@]3(C)[C@]2(C(=O)CO[Si](C)(C)C(C)(C)C)O1. The molecule has 6 nitrogen and oxygen atoms in total. The summed E-state index contributed by atoms with van der Waals surface area (Å²) >= 11 is 0. The number of fused-ring (bicyclic) bond motifs is 7. The number of alkyl halides is 1. The normalized spacial score (nSPS) is 46.1. The average molecular weight is 551 g/mol. The molecule has 0 aromatic heterocycles. The van der Waals surface area contributed by atoms with Crippen LogP contribution in [0.1, 0.15) is 80.6 Å². The number of hydrogen-bond donors (Lipinski definition) is 1. The molecule has 4 aliphatic carbocycles. The number of carbonyl (C=O) groups is 2. The Kier molecular flexibility index (Phi) is 6.42. The molecule has 5 rings (SSSR count). The predicted molar refractivity (Wildman–Crippen MR) is 145 cm³/mol. The lowest BCUT2D eigenvalue weighted by atomic mass is 9.45. The van der Waals surface area contributed by atoms with Crippen LogP contribution >= 0.6 is 0 Å². The molecule has 1 heterocycles. The van der Waals surface area contributed by atoms with E-state index in [4.69, 9.17) is 13.9 Å². The number of rotatable bonds is 4. The van der Waals surface area contributed by atoms with Crippen molar-refractivity contribution < 1.29 is 33.0 Å². The first kappa shape index (κ1) is 28.6. The summed E-state index contributed by atoms with van der Waals surface area (Å²) in [5.41, 5.74) is -2.01. The summed E-state index contributed by atoms with van der Waals surface area (Å²) in [5.74, 6) is -1.47. The quantitative estimate of drug-likeness (QED) is 0.464. The first-order chi connectivity index (χ1) is 17.3. The number of aliphatic hydroxyl groups excluding tert-OH is 1. The van der Waals surface area contributed by atoms with Crippen LogP contribution in [-0.2, 0) is 23.5 Å². The van der Waals surface area contributed by atoms with Gasteiger partial charge in [0.2, 0.25) is 0 Å². The molecule has 0 spiro atoms. The molecule has 38 heavy (non-hydrogen) atoms. The van der Waals surface area contributed by atoms with Crippen LogP contribution < -0.4 is 0 Å². The van der Waals surface area contributed by atoms with E-state index in [2.05, 4.69) is 40.8 Å². The molecule has 1 N–H and O–H groups in total. The van der Waals surface area contributed by atoms with E-state index in [0.717, 1.165) is 0 Å². The lowest BCUT2D eigenvalue weighted by Crippen LogP contribution is -2.65. The van der Waals surface area contributed by atoms with Crippen LogP contribution in [0.5, 0.6) is 0 Å². The molecule has 0 aromatic carbocycles. The minimum Gasteiger partial charge on any atom is -0.409 e. The van der Waals surface area contributed by atoms with Gasteiger partial charge in [0.05, 0.1) is 18.8 Å². The highest BCUT2D eigenvalue weighted by Crippen LogP contribution is 2.71. The second kappa shape index (κ2) is 8.54. The standard InChI is InChI=1S/C30H47FO6Si/c1-26(2,3)38(8,9)35-16-23(34)30-24(36-27(4,5)37-30)14-19-18-13-21(31)20-12-17(32)10-11-28(20,6)25(18)22(33)15-29(19,30)7/h12,18-19,21-22,24-25,33H,10-11,13-16H2,1-9H3/t18-,19-,21-,22-,24+,25+,28-,29-,30+/m0/s1. The summed E-state index contributed by atoms with van der Waals surface area (Å²) in [5, 5.41) is 11.8. The Labute approximate surface area is 228 Å². The van der Waals surface area contributed by atoms with Gasteiger partial charge in [-0.1, -0.05) is 34.6 Å². The van der Waals surface area contributed by atoms with E-state index in [0.29, 0.717) is 31.3 Å². The second-order valence-electron chi connectivity index (χ2n) is 15.2. The van der Waals surface area contributed by atoms with Crippen molar-refractivity contribution in [3.05, 3.63) is 11.6 Å². The molecule has 0 bridgehead atoms. The van der Waals surface area contributed by atoms with Gasteiger partial charge in [-0.15, -0.1) is 0 Å². The summed E-state index contributed by atoms with van der Waals surface area (Å²) in [7, 11) is -2.21. The van der Waals surface area contributed by atoms with E-state index in [1.807, 2.05) is 20.8 Å². The third kappa shape index (κ3) is 3.83. The van der Waals surface area contributed by atoms with Gasteiger partial charge < -0.3 is 19.0 Å². The summed E-state index contributed by atoms with van der Waals surface area (Å²) < 4.78 is 35.3. The first-order valence-corrected chi connectivity index (χ1v) is 17.3. The van der Waals surface area contributed by atoms with Gasteiger partial charge in [0.25, 0.3) is 0 Å². The zero-order valence-electron chi connectivity index (χ0n) is 24.7. The van der Waals surface area contributed by atoms with Gasteiger partial charge in [0.15, 0.2) is 31.3 Å². The number of Topliss-reactive ketones (excluding diaryl/α,β-unsaturated/α-hetero) is 1. The third-order valence-electron chi connectivity index (χ3n) is 11.7. The topological polar surface area (TPSA) is 82.1 Å². The van der Waals surface area contributed by atoms with E-state index in [1.54, 1.807) is 0 Å². The monoisotopic (exact) mass is 550 g/mol. The first-order valence-electron chi connectivity index (χ1n) is 14.4. The highest BCUT2D eigenvalue weighted by molar-refractivity contribution is 6.74. The van der Waals surface area contributed by atoms with Gasteiger partial charge in [-0.05, 0) is 92.5 Å². The maximum absolute atomic E-state index is 15.8. The van der Waals surface area contributed by atoms with Crippen molar-refractivity contribution in [2.75, 3.05) is 6.61 Å². The number of allylic oxidation sites excluding steroid dienone is 1. The number of ether oxygens (including phenoxy) is 2. The zero-order chi connectivity index (χ0) is 28.3. The van der Waals surface area contributed by atoms with E-state index in [1.165, 1.54) is 6.08 Å². The molecule has 3 saturated carbocycles. The summed E-state index contributed by atoms with van der Waals surface area (Å²) in [4.78, 5) is 26.5. The number of aliphatic hydroxyl groups is 1. The molecule has 214 valence electrons. The van der Waals surface area contributed by atoms with Gasteiger partial charge >= 0.3 is 0 Å². The van der Waals surface area contributed by atoms with Crippen molar-refractivity contribution in [3.8, 4) is 0 Å². The van der Waals surface area contributed by atoms with Crippen molar-refractivity contribution in [2.45, 2.75) is 128 Å². The maximum Gasteiger partial charge on any atom is 0.192 e. The van der Waals surface area contributed by atoms with E-state index < -0.39 is 48.9 Å². The minimum atomic E-state index is -2.21. The largest absolute Gasteiger partial charge is 0.409 e. The molecule has 0 amide bonds. The number of halogens is 1. The Morgan fingerprint density at radius 2 is 1.87 bits per heavy atom. The maximum atomic E-state index is 15.8. The van der Waals surface area contributed by atoms with Gasteiger partial charge in [-0.25, -0.2) is 4.39 Å². The molecular weight excluding hydrogens is 503 g/mol. The van der Waals surface area contributed by atoms with Gasteiger partial charge in [-0.3, -0.25) is 9.59 Å². The van der Waals surface area contributed by atoms with E-state index in [9.17, 15) is 14.7 Å². The Morgan fingerprint density at radius 3 is 2.50 bits per heavy atom. The van der Waals surface area contributed by atoms with E-state index >= 15 is 4.39 Å². The third-order valence-corrected chi connectivity index (χ3v) is 16.1. The van der Waals surface area contributed by atoms with Crippen LogP contribution in [0.4, 0.5) is 4.39 Å². The van der Waals surface area contributed by atoms with Gasteiger partial charge in [0, 0.05) is 11.8 Å². The highest BCUT2D eigenvalue weighted by Gasteiger charge is 2.77. The lowest BCUT2D eigenvalue weighted by Gasteiger charge is -2.61. The molecule has 4 fully saturated rings. The molecule has 9 atom stereocenters. The van der Waals surface area contributed by atoms with Crippen LogP contribution in [0.25, 0.3) is 0 Å². The molecule has 1 aliphatic heterocycles. The molecule has 8 heteroatoms. The van der Waals surface area contributed by atoms with Crippen molar-refractivity contribution in [2.24, 2.45) is 28.6 Å². The number of carbonyl (C=O) groups excluding carboxylic acids is 2. The van der Waals surface area contributed by atoms with Crippen molar-refractivity contribution in [3.63, 3.8) is 0 Å². The van der Waals surface area contributed by atoms with Crippen molar-refractivity contribution >= 4 is 19.9 Å².